The molecule has 0 atom stereocenters. The molecule has 4 aromatic rings. The average Bonchev–Trinajstić information content (AvgIpc) is 2.90. The van der Waals surface area contributed by atoms with Crippen molar-refractivity contribution in [3.05, 3.63) is 85.2 Å². The second kappa shape index (κ2) is 10.4. The Bertz CT molecular complexity index is 1100. The summed E-state index contributed by atoms with van der Waals surface area (Å²) in [7, 11) is 0. The molecule has 0 unspecified atom stereocenters. The van der Waals surface area contributed by atoms with Crippen molar-refractivity contribution < 1.29 is 4.74 Å². The van der Waals surface area contributed by atoms with Gasteiger partial charge < -0.3 is 4.74 Å². The third-order valence-electron chi connectivity index (χ3n) is 5.99. The molecule has 0 N–H and O–H groups in total. The second-order valence-corrected chi connectivity index (χ2v) is 8.33. The lowest BCUT2D eigenvalue weighted by molar-refractivity contribution is 0.183. The van der Waals surface area contributed by atoms with E-state index in [4.69, 9.17) is 9.72 Å². The van der Waals surface area contributed by atoms with Gasteiger partial charge in [-0.1, -0.05) is 30.7 Å². The molecule has 1 aliphatic heterocycles. The summed E-state index contributed by atoms with van der Waals surface area (Å²) in [6.45, 7) is 4.11. The van der Waals surface area contributed by atoms with Crippen LogP contribution < -0.4 is 4.74 Å². The Morgan fingerprint density at radius 2 is 1.30 bits per heavy atom. The number of benzene rings is 1. The van der Waals surface area contributed by atoms with Gasteiger partial charge in [0.1, 0.15) is 12.4 Å². The van der Waals surface area contributed by atoms with E-state index in [-0.39, 0.29) is 0 Å². The number of likely N-dealkylation sites (tertiary alicyclic amines) is 1. The van der Waals surface area contributed by atoms with Crippen molar-refractivity contribution in [2.24, 2.45) is 0 Å². The molecule has 166 valence electrons. The van der Waals surface area contributed by atoms with Crippen molar-refractivity contribution in [1.82, 2.24) is 19.9 Å². The van der Waals surface area contributed by atoms with Gasteiger partial charge in [0.15, 0.2) is 0 Å². The fourth-order valence-corrected chi connectivity index (χ4v) is 4.21. The summed E-state index contributed by atoms with van der Waals surface area (Å²) < 4.78 is 6.01. The summed E-state index contributed by atoms with van der Waals surface area (Å²) in [4.78, 5) is 16.3. The minimum Gasteiger partial charge on any atom is -0.492 e. The normalized spacial score (nSPS) is 14.2. The van der Waals surface area contributed by atoms with Gasteiger partial charge in [0.05, 0.1) is 22.8 Å². The highest BCUT2D eigenvalue weighted by molar-refractivity contribution is 5.74. The number of pyridine rings is 3. The summed E-state index contributed by atoms with van der Waals surface area (Å²) >= 11 is 0. The monoisotopic (exact) mass is 436 g/mol. The molecule has 5 nitrogen and oxygen atoms in total. The first kappa shape index (κ1) is 21.3. The number of nitrogens with zero attached hydrogens (tertiary/aromatic N) is 4. The van der Waals surface area contributed by atoms with Crippen LogP contribution in [-0.2, 0) is 0 Å². The largest absolute Gasteiger partial charge is 0.492 e. The lowest BCUT2D eigenvalue weighted by Crippen LogP contribution is -2.33. The summed E-state index contributed by atoms with van der Waals surface area (Å²) in [5, 5.41) is 0. The molecule has 0 saturated carbocycles. The Balaban J connectivity index is 1.37. The third kappa shape index (κ3) is 5.44. The lowest BCUT2D eigenvalue weighted by Gasteiger charge is -2.26. The number of aromatic nitrogens is 3. The van der Waals surface area contributed by atoms with Crippen LogP contribution in [0.5, 0.6) is 5.75 Å². The van der Waals surface area contributed by atoms with E-state index >= 15 is 0 Å². The van der Waals surface area contributed by atoms with Crippen LogP contribution in [0.25, 0.3) is 33.9 Å². The number of hydrogen-bond donors (Lipinski definition) is 0. The molecular weight excluding hydrogens is 408 g/mol. The van der Waals surface area contributed by atoms with Crippen LogP contribution in [-0.4, -0.2) is 46.1 Å². The van der Waals surface area contributed by atoms with E-state index in [1.54, 1.807) is 12.4 Å². The molecule has 0 aliphatic carbocycles. The molecule has 4 heterocycles. The summed E-state index contributed by atoms with van der Waals surface area (Å²) in [6.07, 6.45) is 7.56. The minimum atomic E-state index is 0.724. The zero-order valence-electron chi connectivity index (χ0n) is 18.7. The Hall–Kier alpha value is -3.57. The van der Waals surface area contributed by atoms with Gasteiger partial charge in [-0.25, -0.2) is 4.98 Å². The van der Waals surface area contributed by atoms with Crippen molar-refractivity contribution in [2.75, 3.05) is 26.2 Å². The SMILES string of the molecule is c1ccc(-c2cc(-c3ccc(OCCN4CCCCC4)cc3)cc(-c3ccccn3)n2)nc1. The quantitative estimate of drug-likeness (QED) is 0.370. The van der Waals surface area contributed by atoms with Gasteiger partial charge in [0, 0.05) is 18.9 Å². The maximum Gasteiger partial charge on any atom is 0.119 e. The van der Waals surface area contributed by atoms with Crippen molar-refractivity contribution in [3.63, 3.8) is 0 Å². The van der Waals surface area contributed by atoms with Crippen LogP contribution in [0.15, 0.2) is 85.2 Å². The molecule has 0 spiro atoms. The van der Waals surface area contributed by atoms with Crippen LogP contribution >= 0.6 is 0 Å². The molecule has 5 rings (SSSR count). The average molecular weight is 437 g/mol. The van der Waals surface area contributed by atoms with Crippen LogP contribution in [0.3, 0.4) is 0 Å². The van der Waals surface area contributed by atoms with Gasteiger partial charge in [-0.05, 0) is 85.6 Å². The summed E-state index contributed by atoms with van der Waals surface area (Å²) in [5.41, 5.74) is 5.52. The fourth-order valence-electron chi connectivity index (χ4n) is 4.21. The molecule has 0 amide bonds. The molecule has 1 aromatic carbocycles. The van der Waals surface area contributed by atoms with E-state index in [1.807, 2.05) is 48.5 Å². The van der Waals surface area contributed by atoms with E-state index in [2.05, 4.69) is 39.1 Å². The molecule has 0 bridgehead atoms. The van der Waals surface area contributed by atoms with Gasteiger partial charge in [0.2, 0.25) is 0 Å². The van der Waals surface area contributed by atoms with E-state index in [1.165, 1.54) is 32.4 Å². The zero-order chi connectivity index (χ0) is 22.3. The van der Waals surface area contributed by atoms with Gasteiger partial charge in [-0.2, -0.15) is 0 Å². The molecule has 5 heteroatoms. The van der Waals surface area contributed by atoms with Crippen molar-refractivity contribution in [2.45, 2.75) is 19.3 Å². The fraction of sp³-hybridized carbons (Fsp3) is 0.250. The molecule has 33 heavy (non-hydrogen) atoms. The van der Waals surface area contributed by atoms with Crippen LogP contribution in [0, 0.1) is 0 Å². The van der Waals surface area contributed by atoms with Gasteiger partial charge in [0.25, 0.3) is 0 Å². The van der Waals surface area contributed by atoms with Gasteiger partial charge >= 0.3 is 0 Å². The summed E-state index contributed by atoms with van der Waals surface area (Å²) in [5.74, 6) is 0.903. The Morgan fingerprint density at radius 1 is 0.667 bits per heavy atom. The number of rotatable bonds is 7. The number of hydrogen-bond acceptors (Lipinski definition) is 5. The lowest BCUT2D eigenvalue weighted by atomic mass is 10.0. The van der Waals surface area contributed by atoms with Gasteiger partial charge in [-0.15, -0.1) is 0 Å². The topological polar surface area (TPSA) is 51.1 Å². The zero-order valence-corrected chi connectivity index (χ0v) is 18.7. The first-order valence-electron chi connectivity index (χ1n) is 11.7. The molecule has 0 radical (unpaired) electrons. The molecular formula is C28H28N4O. The predicted octanol–water partition coefficient (Wildman–Crippen LogP) is 5.74. The highest BCUT2D eigenvalue weighted by atomic mass is 16.5. The Morgan fingerprint density at radius 3 is 1.88 bits per heavy atom. The van der Waals surface area contributed by atoms with E-state index < -0.39 is 0 Å². The maximum atomic E-state index is 6.01. The molecule has 1 aliphatic rings. The third-order valence-corrected chi connectivity index (χ3v) is 5.99. The van der Waals surface area contributed by atoms with E-state index in [0.717, 1.165) is 52.8 Å². The molecule has 1 saturated heterocycles. The predicted molar refractivity (Wildman–Crippen MR) is 132 cm³/mol. The van der Waals surface area contributed by atoms with Crippen LogP contribution in [0.4, 0.5) is 0 Å². The Kier molecular flexibility index (Phi) is 6.68. The first-order chi connectivity index (χ1) is 16.3. The van der Waals surface area contributed by atoms with Crippen LogP contribution in [0.1, 0.15) is 19.3 Å². The highest BCUT2D eigenvalue weighted by Gasteiger charge is 2.11. The number of piperidine rings is 1. The smallest absolute Gasteiger partial charge is 0.119 e. The van der Waals surface area contributed by atoms with E-state index in [9.17, 15) is 0 Å². The van der Waals surface area contributed by atoms with Crippen molar-refractivity contribution in [1.29, 1.82) is 0 Å². The van der Waals surface area contributed by atoms with Crippen molar-refractivity contribution in [3.8, 4) is 39.7 Å². The minimum absolute atomic E-state index is 0.724. The molecule has 3 aromatic heterocycles. The Labute approximate surface area is 195 Å². The molecule has 1 fully saturated rings. The van der Waals surface area contributed by atoms with E-state index in [0.29, 0.717) is 0 Å². The number of ether oxygens (including phenoxy) is 1. The van der Waals surface area contributed by atoms with Crippen molar-refractivity contribution >= 4 is 0 Å². The summed E-state index contributed by atoms with van der Waals surface area (Å²) in [6, 6.07) is 24.2. The van der Waals surface area contributed by atoms with Gasteiger partial charge in [-0.3, -0.25) is 14.9 Å². The maximum absolute atomic E-state index is 6.01. The standard InChI is InChI=1S/C28H28N4O/c1-6-16-32(17-7-1)18-19-33-24-12-10-22(11-13-24)23-20-27(25-8-2-4-14-29-25)31-28(21-23)26-9-3-5-15-30-26/h2-5,8-15,20-21H,1,6-7,16-19H2. The second-order valence-electron chi connectivity index (χ2n) is 8.33. The highest BCUT2D eigenvalue weighted by Crippen LogP contribution is 2.29. The van der Waals surface area contributed by atoms with Crippen LogP contribution in [0.2, 0.25) is 0 Å². The first-order valence-corrected chi connectivity index (χ1v) is 11.7.